The molecule has 3 N–H and O–H groups in total. The van der Waals surface area contributed by atoms with E-state index in [-0.39, 0.29) is 6.61 Å². The van der Waals surface area contributed by atoms with Gasteiger partial charge in [0.2, 0.25) is 0 Å². The topological polar surface area (TPSA) is 75.3 Å². The predicted molar refractivity (Wildman–Crippen MR) is 57.2 cm³/mol. The first kappa shape index (κ1) is 10.3. The first-order chi connectivity index (χ1) is 7.20. The van der Waals surface area contributed by atoms with E-state index in [0.29, 0.717) is 12.4 Å². The number of nitrogen functional groups attached to an aromatic ring is 1. The zero-order valence-corrected chi connectivity index (χ0v) is 8.90. The van der Waals surface area contributed by atoms with Gasteiger partial charge in [0.25, 0.3) is 0 Å². The third-order valence-electron chi connectivity index (χ3n) is 2.70. The maximum atomic E-state index is 8.88. The summed E-state index contributed by atoms with van der Waals surface area (Å²) in [5, 5.41) is 8.88. The molecular weight excluding hydrogens is 192 g/mol. The zero-order chi connectivity index (χ0) is 10.8. The number of fused-ring (bicyclic) bond motifs is 1. The van der Waals surface area contributed by atoms with Gasteiger partial charge in [-0.25, -0.2) is 9.97 Å². The van der Waals surface area contributed by atoms with Crippen molar-refractivity contribution in [2.75, 3.05) is 25.4 Å². The molecule has 0 bridgehead atoms. The Morgan fingerprint density at radius 2 is 2.27 bits per heavy atom. The summed E-state index contributed by atoms with van der Waals surface area (Å²) in [6, 6.07) is 0. The Balaban J connectivity index is 2.25. The van der Waals surface area contributed by atoms with Crippen LogP contribution in [-0.2, 0) is 13.0 Å². The molecule has 5 heteroatoms. The molecule has 0 spiro atoms. The van der Waals surface area contributed by atoms with Crippen LogP contribution in [0.15, 0.2) is 0 Å². The highest BCUT2D eigenvalue weighted by molar-refractivity contribution is 5.43. The molecule has 15 heavy (non-hydrogen) atoms. The standard InChI is InChI=1S/C10H16N4O/c1-7-12-9-6-14(4-5-15)3-2-8(9)10(11)13-7/h15H,2-6H2,1H3,(H2,11,12,13). The third kappa shape index (κ3) is 2.08. The van der Waals surface area contributed by atoms with E-state index < -0.39 is 0 Å². The molecule has 2 rings (SSSR count). The van der Waals surface area contributed by atoms with Gasteiger partial charge in [-0.05, 0) is 13.3 Å². The number of anilines is 1. The van der Waals surface area contributed by atoms with Crippen molar-refractivity contribution in [3.05, 3.63) is 17.1 Å². The maximum Gasteiger partial charge on any atom is 0.130 e. The van der Waals surface area contributed by atoms with Crippen molar-refractivity contribution in [2.24, 2.45) is 0 Å². The maximum absolute atomic E-state index is 8.88. The Labute approximate surface area is 88.9 Å². The van der Waals surface area contributed by atoms with E-state index in [0.717, 1.165) is 36.6 Å². The number of β-amino-alcohol motifs (C(OH)–C–C–N with tert-alkyl or cyclic N) is 1. The molecular formula is C10H16N4O. The Bertz CT molecular complexity index is 367. The summed E-state index contributed by atoms with van der Waals surface area (Å²) in [5.41, 5.74) is 7.93. The number of aromatic nitrogens is 2. The molecule has 0 saturated heterocycles. The minimum atomic E-state index is 0.189. The van der Waals surface area contributed by atoms with Crippen LogP contribution in [0.3, 0.4) is 0 Å². The van der Waals surface area contributed by atoms with Crippen LogP contribution in [0.1, 0.15) is 17.1 Å². The molecule has 1 aromatic heterocycles. The van der Waals surface area contributed by atoms with Crippen LogP contribution in [0.4, 0.5) is 5.82 Å². The summed E-state index contributed by atoms with van der Waals surface area (Å²) < 4.78 is 0. The van der Waals surface area contributed by atoms with Crippen LogP contribution in [0.2, 0.25) is 0 Å². The van der Waals surface area contributed by atoms with Crippen molar-refractivity contribution in [1.29, 1.82) is 0 Å². The zero-order valence-electron chi connectivity index (χ0n) is 8.90. The second-order valence-electron chi connectivity index (χ2n) is 3.83. The van der Waals surface area contributed by atoms with Crippen LogP contribution in [0.5, 0.6) is 0 Å². The SMILES string of the molecule is Cc1nc(N)c2c(n1)CN(CCO)CC2. The van der Waals surface area contributed by atoms with Crippen molar-refractivity contribution in [2.45, 2.75) is 19.9 Å². The molecule has 1 aliphatic rings. The first-order valence-corrected chi connectivity index (χ1v) is 5.16. The lowest BCUT2D eigenvalue weighted by molar-refractivity contribution is 0.182. The number of rotatable bonds is 2. The van der Waals surface area contributed by atoms with Gasteiger partial charge in [0.1, 0.15) is 11.6 Å². The van der Waals surface area contributed by atoms with Crippen molar-refractivity contribution in [3.63, 3.8) is 0 Å². The van der Waals surface area contributed by atoms with E-state index in [1.165, 1.54) is 0 Å². The Morgan fingerprint density at radius 1 is 1.47 bits per heavy atom. The lowest BCUT2D eigenvalue weighted by atomic mass is 10.1. The Hall–Kier alpha value is -1.20. The van der Waals surface area contributed by atoms with Crippen LogP contribution >= 0.6 is 0 Å². The van der Waals surface area contributed by atoms with Crippen LogP contribution in [0, 0.1) is 6.92 Å². The minimum absolute atomic E-state index is 0.189. The molecule has 0 radical (unpaired) electrons. The number of hydrogen-bond acceptors (Lipinski definition) is 5. The van der Waals surface area contributed by atoms with Crippen LogP contribution < -0.4 is 5.73 Å². The summed E-state index contributed by atoms with van der Waals surface area (Å²) >= 11 is 0. The van der Waals surface area contributed by atoms with Gasteiger partial charge in [-0.3, -0.25) is 4.90 Å². The smallest absolute Gasteiger partial charge is 0.130 e. The van der Waals surface area contributed by atoms with E-state index in [1.54, 1.807) is 0 Å². The van der Waals surface area contributed by atoms with E-state index >= 15 is 0 Å². The normalized spacial score (nSPS) is 16.4. The van der Waals surface area contributed by atoms with Gasteiger partial charge in [0.15, 0.2) is 0 Å². The van der Waals surface area contributed by atoms with E-state index in [1.807, 2.05) is 6.92 Å². The number of nitrogens with zero attached hydrogens (tertiary/aromatic N) is 3. The van der Waals surface area contributed by atoms with Gasteiger partial charge in [-0.15, -0.1) is 0 Å². The predicted octanol–water partition coefficient (Wildman–Crippen LogP) is -0.282. The number of aryl methyl sites for hydroxylation is 1. The monoisotopic (exact) mass is 208 g/mol. The molecule has 0 fully saturated rings. The van der Waals surface area contributed by atoms with Crippen LogP contribution in [0.25, 0.3) is 0 Å². The van der Waals surface area contributed by atoms with Gasteiger partial charge in [-0.2, -0.15) is 0 Å². The molecule has 0 atom stereocenters. The average molecular weight is 208 g/mol. The van der Waals surface area contributed by atoms with Gasteiger partial charge in [0.05, 0.1) is 12.3 Å². The van der Waals surface area contributed by atoms with E-state index in [4.69, 9.17) is 10.8 Å². The Kier molecular flexibility index (Phi) is 2.83. The second-order valence-corrected chi connectivity index (χ2v) is 3.83. The molecule has 0 aromatic carbocycles. The second kappa shape index (κ2) is 4.12. The third-order valence-corrected chi connectivity index (χ3v) is 2.70. The van der Waals surface area contributed by atoms with Crippen molar-refractivity contribution >= 4 is 5.82 Å². The largest absolute Gasteiger partial charge is 0.395 e. The quantitative estimate of drug-likeness (QED) is 0.699. The summed E-state index contributed by atoms with van der Waals surface area (Å²) in [5.74, 6) is 1.33. The minimum Gasteiger partial charge on any atom is -0.395 e. The molecule has 82 valence electrons. The van der Waals surface area contributed by atoms with Crippen molar-refractivity contribution in [3.8, 4) is 0 Å². The molecule has 0 amide bonds. The molecule has 0 saturated carbocycles. The molecule has 5 nitrogen and oxygen atoms in total. The average Bonchev–Trinajstić information content (AvgIpc) is 2.17. The summed E-state index contributed by atoms with van der Waals surface area (Å²) in [6.45, 7) is 4.42. The summed E-state index contributed by atoms with van der Waals surface area (Å²) in [4.78, 5) is 10.7. The molecule has 0 aliphatic carbocycles. The molecule has 0 unspecified atom stereocenters. The highest BCUT2D eigenvalue weighted by atomic mass is 16.3. The van der Waals surface area contributed by atoms with Crippen LogP contribution in [-0.4, -0.2) is 39.7 Å². The number of aliphatic hydroxyl groups is 1. The van der Waals surface area contributed by atoms with Gasteiger partial charge in [-0.1, -0.05) is 0 Å². The van der Waals surface area contributed by atoms with Crippen molar-refractivity contribution in [1.82, 2.24) is 14.9 Å². The fourth-order valence-corrected chi connectivity index (χ4v) is 1.97. The fraction of sp³-hybridized carbons (Fsp3) is 0.600. The Morgan fingerprint density at radius 3 is 3.00 bits per heavy atom. The van der Waals surface area contributed by atoms with Gasteiger partial charge in [0, 0.05) is 25.2 Å². The number of nitrogens with two attached hydrogens (primary N) is 1. The lowest BCUT2D eigenvalue weighted by Crippen LogP contribution is -2.34. The molecule has 2 heterocycles. The number of hydrogen-bond donors (Lipinski definition) is 2. The number of aliphatic hydroxyl groups excluding tert-OH is 1. The summed E-state index contributed by atoms with van der Waals surface area (Å²) in [6.07, 6.45) is 0.876. The lowest BCUT2D eigenvalue weighted by Gasteiger charge is -2.27. The molecule has 1 aromatic rings. The van der Waals surface area contributed by atoms with E-state index in [9.17, 15) is 0 Å². The highest BCUT2D eigenvalue weighted by Crippen LogP contribution is 2.20. The van der Waals surface area contributed by atoms with Crippen molar-refractivity contribution < 1.29 is 5.11 Å². The summed E-state index contributed by atoms with van der Waals surface area (Å²) in [7, 11) is 0. The van der Waals surface area contributed by atoms with Gasteiger partial charge >= 0.3 is 0 Å². The highest BCUT2D eigenvalue weighted by Gasteiger charge is 2.19. The van der Waals surface area contributed by atoms with E-state index in [2.05, 4.69) is 14.9 Å². The van der Waals surface area contributed by atoms with Gasteiger partial charge < -0.3 is 10.8 Å². The molecule has 1 aliphatic heterocycles. The first-order valence-electron chi connectivity index (χ1n) is 5.16. The fourth-order valence-electron chi connectivity index (χ4n) is 1.97.